The summed E-state index contributed by atoms with van der Waals surface area (Å²) in [5.41, 5.74) is 3.07. The predicted octanol–water partition coefficient (Wildman–Crippen LogP) is 3.21. The fraction of sp³-hybridized carbons (Fsp3) is 0.615. The average Bonchev–Trinajstić information content (AvgIpc) is 2.25. The second kappa shape index (κ2) is 7.27. The maximum absolute atomic E-state index is 11.9. The molecule has 0 saturated heterocycles. The molecule has 1 amide bonds. The molecule has 2 nitrogen and oxygen atoms in total. The van der Waals surface area contributed by atoms with Crippen molar-refractivity contribution in [3.8, 4) is 0 Å². The van der Waals surface area contributed by atoms with E-state index in [1.54, 1.807) is 0 Å². The van der Waals surface area contributed by atoms with E-state index in [-0.39, 0.29) is 5.91 Å². The van der Waals surface area contributed by atoms with Gasteiger partial charge in [0.2, 0.25) is 0 Å². The molecule has 0 rings (SSSR count). The van der Waals surface area contributed by atoms with Crippen LogP contribution in [0.4, 0.5) is 0 Å². The summed E-state index contributed by atoms with van der Waals surface area (Å²) in [7, 11) is 0. The van der Waals surface area contributed by atoms with Gasteiger partial charge in [0.1, 0.15) is 0 Å². The van der Waals surface area contributed by atoms with Gasteiger partial charge in [0.25, 0.3) is 5.91 Å². The minimum Gasteiger partial charge on any atom is -0.352 e. The maximum atomic E-state index is 11.9. The molecule has 0 fully saturated rings. The molecule has 0 atom stereocenters. The van der Waals surface area contributed by atoms with E-state index in [2.05, 4.69) is 19.2 Å². The van der Waals surface area contributed by atoms with Crippen molar-refractivity contribution in [3.05, 3.63) is 22.8 Å². The monoisotopic (exact) mass is 209 g/mol. The number of rotatable bonds is 5. The largest absolute Gasteiger partial charge is 0.352 e. The lowest BCUT2D eigenvalue weighted by Gasteiger charge is -2.12. The fourth-order valence-electron chi connectivity index (χ4n) is 1.36. The van der Waals surface area contributed by atoms with Crippen LogP contribution < -0.4 is 5.32 Å². The van der Waals surface area contributed by atoms with Crippen molar-refractivity contribution in [2.24, 2.45) is 0 Å². The zero-order valence-corrected chi connectivity index (χ0v) is 10.6. The summed E-state index contributed by atoms with van der Waals surface area (Å²) in [4.78, 5) is 11.9. The number of carbonyl (C=O) groups excluding carboxylic acids is 1. The van der Waals surface area contributed by atoms with Gasteiger partial charge in [-0.15, -0.1) is 0 Å². The molecule has 15 heavy (non-hydrogen) atoms. The number of nitrogens with one attached hydrogen (secondary N) is 1. The molecular formula is C13H23NO. The van der Waals surface area contributed by atoms with Gasteiger partial charge in [-0.2, -0.15) is 0 Å². The smallest absolute Gasteiger partial charge is 0.251 e. The summed E-state index contributed by atoms with van der Waals surface area (Å²) in [5.74, 6) is 0.0619. The number of amides is 1. The van der Waals surface area contributed by atoms with E-state index in [0.29, 0.717) is 0 Å². The van der Waals surface area contributed by atoms with Crippen molar-refractivity contribution in [2.45, 2.75) is 47.5 Å². The van der Waals surface area contributed by atoms with Crippen LogP contribution in [0.15, 0.2) is 22.8 Å². The van der Waals surface area contributed by atoms with Crippen LogP contribution in [0.25, 0.3) is 0 Å². The number of hydrogen-bond donors (Lipinski definition) is 1. The van der Waals surface area contributed by atoms with Crippen molar-refractivity contribution in [2.75, 3.05) is 6.54 Å². The molecular weight excluding hydrogens is 186 g/mol. The third-order valence-corrected chi connectivity index (χ3v) is 2.55. The molecule has 2 heteroatoms. The summed E-state index contributed by atoms with van der Waals surface area (Å²) in [6.07, 6.45) is 3.87. The summed E-state index contributed by atoms with van der Waals surface area (Å²) in [6, 6.07) is 0. The van der Waals surface area contributed by atoms with Crippen LogP contribution in [-0.2, 0) is 4.79 Å². The second-order valence-electron chi connectivity index (χ2n) is 3.74. The molecule has 0 aliphatic rings. The lowest BCUT2D eigenvalue weighted by Crippen LogP contribution is -2.26. The molecule has 0 aliphatic carbocycles. The lowest BCUT2D eigenvalue weighted by atomic mass is 9.99. The van der Waals surface area contributed by atoms with Gasteiger partial charge in [-0.1, -0.05) is 25.5 Å². The predicted molar refractivity (Wildman–Crippen MR) is 65.7 cm³/mol. The van der Waals surface area contributed by atoms with Crippen molar-refractivity contribution in [3.63, 3.8) is 0 Å². The van der Waals surface area contributed by atoms with E-state index in [4.69, 9.17) is 0 Å². The Hall–Kier alpha value is -1.05. The van der Waals surface area contributed by atoms with Gasteiger partial charge in [0, 0.05) is 12.1 Å². The Labute approximate surface area is 93.5 Å². The summed E-state index contributed by atoms with van der Waals surface area (Å²) in [6.45, 7) is 10.8. The Kier molecular flexibility index (Phi) is 6.76. The van der Waals surface area contributed by atoms with E-state index in [1.165, 1.54) is 0 Å². The minimum absolute atomic E-state index is 0.0619. The van der Waals surface area contributed by atoms with Gasteiger partial charge >= 0.3 is 0 Å². The maximum Gasteiger partial charge on any atom is 0.251 e. The molecule has 0 aliphatic heterocycles. The third-order valence-electron chi connectivity index (χ3n) is 2.55. The van der Waals surface area contributed by atoms with Gasteiger partial charge < -0.3 is 5.32 Å². The highest BCUT2D eigenvalue weighted by Crippen LogP contribution is 2.17. The van der Waals surface area contributed by atoms with Crippen LogP contribution in [0.1, 0.15) is 47.5 Å². The zero-order valence-electron chi connectivity index (χ0n) is 10.6. The molecule has 0 spiro atoms. The molecule has 0 bridgehead atoms. The van der Waals surface area contributed by atoms with Gasteiger partial charge in [0.15, 0.2) is 0 Å². The van der Waals surface area contributed by atoms with Gasteiger partial charge in [0.05, 0.1) is 0 Å². The Balaban J connectivity index is 4.89. The summed E-state index contributed by atoms with van der Waals surface area (Å²) in [5, 5.41) is 2.93. The van der Waals surface area contributed by atoms with Crippen molar-refractivity contribution >= 4 is 5.91 Å². The zero-order chi connectivity index (χ0) is 11.8. The highest BCUT2D eigenvalue weighted by atomic mass is 16.1. The first-order chi connectivity index (χ1) is 7.08. The van der Waals surface area contributed by atoms with E-state index < -0.39 is 0 Å². The van der Waals surface area contributed by atoms with Crippen LogP contribution in [-0.4, -0.2) is 12.5 Å². The van der Waals surface area contributed by atoms with E-state index in [0.717, 1.165) is 36.1 Å². The SMILES string of the molecule is C/C=C(C)\C(C(=O)NCCC)=C(\C)CC. The highest BCUT2D eigenvalue weighted by Gasteiger charge is 2.12. The summed E-state index contributed by atoms with van der Waals surface area (Å²) >= 11 is 0. The van der Waals surface area contributed by atoms with Crippen molar-refractivity contribution < 1.29 is 4.79 Å². The highest BCUT2D eigenvalue weighted by molar-refractivity contribution is 5.98. The number of carbonyl (C=O) groups is 1. The standard InChI is InChI=1S/C13H23NO/c1-6-9-14-13(15)12(10(4)7-2)11(5)8-3/h7H,6,8-9H2,1-5H3,(H,14,15)/b10-7-,12-11+. The first-order valence-electron chi connectivity index (χ1n) is 5.69. The van der Waals surface area contributed by atoms with Gasteiger partial charge in [-0.05, 0) is 39.2 Å². The average molecular weight is 209 g/mol. The lowest BCUT2D eigenvalue weighted by molar-refractivity contribution is -0.117. The quantitative estimate of drug-likeness (QED) is 0.546. The first-order valence-corrected chi connectivity index (χ1v) is 5.69. The molecule has 0 heterocycles. The van der Waals surface area contributed by atoms with E-state index in [9.17, 15) is 4.79 Å². The molecule has 0 unspecified atom stereocenters. The third kappa shape index (κ3) is 4.32. The summed E-state index contributed by atoms with van der Waals surface area (Å²) < 4.78 is 0. The van der Waals surface area contributed by atoms with Gasteiger partial charge in [-0.25, -0.2) is 0 Å². The molecule has 1 N–H and O–H groups in total. The molecule has 0 aromatic rings. The van der Waals surface area contributed by atoms with E-state index >= 15 is 0 Å². The Morgan fingerprint density at radius 2 is 1.87 bits per heavy atom. The van der Waals surface area contributed by atoms with Crippen LogP contribution in [0.3, 0.4) is 0 Å². The van der Waals surface area contributed by atoms with Crippen LogP contribution in [0, 0.1) is 0 Å². The normalized spacial score (nSPS) is 13.5. The second-order valence-corrected chi connectivity index (χ2v) is 3.74. The van der Waals surface area contributed by atoms with Crippen molar-refractivity contribution in [1.29, 1.82) is 0 Å². The Bertz CT molecular complexity index is 274. The van der Waals surface area contributed by atoms with Crippen LogP contribution in [0.2, 0.25) is 0 Å². The van der Waals surface area contributed by atoms with Crippen molar-refractivity contribution in [1.82, 2.24) is 5.32 Å². The molecule has 0 saturated carbocycles. The minimum atomic E-state index is 0.0619. The molecule has 0 aromatic heterocycles. The first kappa shape index (κ1) is 13.9. The van der Waals surface area contributed by atoms with Gasteiger partial charge in [-0.3, -0.25) is 4.79 Å². The van der Waals surface area contributed by atoms with Crippen LogP contribution in [0.5, 0.6) is 0 Å². The number of allylic oxidation sites excluding steroid dienone is 2. The molecule has 86 valence electrons. The molecule has 0 aromatic carbocycles. The Morgan fingerprint density at radius 1 is 1.27 bits per heavy atom. The topological polar surface area (TPSA) is 29.1 Å². The molecule has 0 radical (unpaired) electrons. The Morgan fingerprint density at radius 3 is 2.27 bits per heavy atom. The van der Waals surface area contributed by atoms with Crippen LogP contribution >= 0.6 is 0 Å². The van der Waals surface area contributed by atoms with E-state index in [1.807, 2.05) is 26.8 Å². The number of hydrogen-bond acceptors (Lipinski definition) is 1. The fourth-order valence-corrected chi connectivity index (χ4v) is 1.36.